The SMILES string of the molecule is CCC(=O)c1cc(C2(c3cccc(OCC4CC4)c3)N=C(N)N(C)C2=O)cn1CC. The Labute approximate surface area is 176 Å². The van der Waals surface area contributed by atoms with Crippen molar-refractivity contribution in [3.05, 3.63) is 53.3 Å². The van der Waals surface area contributed by atoms with Crippen LogP contribution in [-0.4, -0.2) is 40.8 Å². The van der Waals surface area contributed by atoms with Gasteiger partial charge in [0.15, 0.2) is 17.3 Å². The Balaban J connectivity index is 1.84. The summed E-state index contributed by atoms with van der Waals surface area (Å²) in [5.41, 5.74) is 6.63. The molecule has 1 atom stereocenters. The normalized spacial score (nSPS) is 21.1. The molecule has 1 saturated carbocycles. The van der Waals surface area contributed by atoms with E-state index in [1.54, 1.807) is 13.1 Å². The number of ketones is 1. The van der Waals surface area contributed by atoms with Crippen molar-refractivity contribution >= 4 is 17.6 Å². The molecule has 1 amide bonds. The first-order valence-corrected chi connectivity index (χ1v) is 10.5. The highest BCUT2D eigenvalue weighted by molar-refractivity contribution is 6.09. The van der Waals surface area contributed by atoms with Crippen molar-refractivity contribution in [2.45, 2.75) is 45.2 Å². The van der Waals surface area contributed by atoms with Crippen LogP contribution in [0.1, 0.15) is 54.7 Å². The van der Waals surface area contributed by atoms with Gasteiger partial charge in [0, 0.05) is 31.8 Å². The van der Waals surface area contributed by atoms with E-state index in [1.807, 2.05) is 48.9 Å². The van der Waals surface area contributed by atoms with Crippen LogP contribution in [0.25, 0.3) is 0 Å². The number of benzene rings is 1. The van der Waals surface area contributed by atoms with Gasteiger partial charge >= 0.3 is 0 Å². The molecule has 0 saturated heterocycles. The predicted molar refractivity (Wildman–Crippen MR) is 115 cm³/mol. The molecule has 1 aromatic carbocycles. The van der Waals surface area contributed by atoms with Crippen molar-refractivity contribution in [1.29, 1.82) is 0 Å². The predicted octanol–water partition coefficient (Wildman–Crippen LogP) is 2.92. The van der Waals surface area contributed by atoms with E-state index >= 15 is 0 Å². The second-order valence-electron chi connectivity index (χ2n) is 8.00. The molecule has 7 nitrogen and oxygen atoms in total. The van der Waals surface area contributed by atoms with Gasteiger partial charge in [-0.05, 0) is 49.4 Å². The molecule has 1 aromatic heterocycles. The molecule has 0 bridgehead atoms. The average Bonchev–Trinajstić information content (AvgIpc) is 3.45. The topological polar surface area (TPSA) is 89.9 Å². The fourth-order valence-electron chi connectivity index (χ4n) is 3.88. The number of aliphatic imine (C=N–C) groups is 1. The summed E-state index contributed by atoms with van der Waals surface area (Å²) in [7, 11) is 1.62. The van der Waals surface area contributed by atoms with E-state index < -0.39 is 5.54 Å². The van der Waals surface area contributed by atoms with Gasteiger partial charge in [-0.1, -0.05) is 19.1 Å². The molecular formula is C23H28N4O3. The average molecular weight is 409 g/mol. The number of ether oxygens (including phenoxy) is 1. The van der Waals surface area contributed by atoms with Gasteiger partial charge in [0.2, 0.25) is 0 Å². The summed E-state index contributed by atoms with van der Waals surface area (Å²) in [5, 5.41) is 0. The number of aromatic nitrogens is 1. The van der Waals surface area contributed by atoms with E-state index in [9.17, 15) is 9.59 Å². The number of hydrogen-bond acceptors (Lipinski definition) is 5. The number of guanidine groups is 1. The number of amides is 1. The number of hydrogen-bond donors (Lipinski definition) is 1. The van der Waals surface area contributed by atoms with Crippen LogP contribution in [0.3, 0.4) is 0 Å². The van der Waals surface area contributed by atoms with Gasteiger partial charge in [-0.25, -0.2) is 4.99 Å². The number of rotatable bonds is 8. The Morgan fingerprint density at radius 2 is 2.03 bits per heavy atom. The standard InChI is InChI=1S/C23H28N4O3/c1-4-20(28)19-12-17(13-27(19)5-2)23(21(29)26(3)22(24)25-23)16-7-6-8-18(11-16)30-14-15-9-10-15/h6-8,11-13,15H,4-5,9-10,14H2,1-3H3,(H2,24,25). The van der Waals surface area contributed by atoms with Crippen molar-refractivity contribution in [1.82, 2.24) is 9.47 Å². The van der Waals surface area contributed by atoms with Gasteiger partial charge in [-0.3, -0.25) is 14.5 Å². The van der Waals surface area contributed by atoms with Crippen LogP contribution in [-0.2, 0) is 16.9 Å². The maximum Gasteiger partial charge on any atom is 0.266 e. The highest BCUT2D eigenvalue weighted by Gasteiger charge is 2.50. The molecule has 158 valence electrons. The van der Waals surface area contributed by atoms with Gasteiger partial charge in [-0.15, -0.1) is 0 Å². The number of nitrogens with zero attached hydrogens (tertiary/aromatic N) is 3. The van der Waals surface area contributed by atoms with Gasteiger partial charge in [-0.2, -0.15) is 0 Å². The van der Waals surface area contributed by atoms with Gasteiger partial charge < -0.3 is 15.0 Å². The van der Waals surface area contributed by atoms with Gasteiger partial charge in [0.1, 0.15) is 5.75 Å². The van der Waals surface area contributed by atoms with E-state index in [4.69, 9.17) is 10.5 Å². The lowest BCUT2D eigenvalue weighted by molar-refractivity contribution is -0.129. The Hall–Kier alpha value is -3.09. The first kappa shape index (κ1) is 20.2. The number of aryl methyl sites for hydroxylation is 1. The van der Waals surface area contributed by atoms with Crippen molar-refractivity contribution in [3.63, 3.8) is 0 Å². The smallest absolute Gasteiger partial charge is 0.266 e. The minimum absolute atomic E-state index is 0.0236. The van der Waals surface area contributed by atoms with Crippen LogP contribution in [0.4, 0.5) is 0 Å². The summed E-state index contributed by atoms with van der Waals surface area (Å²) in [5.74, 6) is 1.25. The van der Waals surface area contributed by atoms with Crippen molar-refractivity contribution in [2.24, 2.45) is 16.6 Å². The van der Waals surface area contributed by atoms with Crippen LogP contribution in [0.2, 0.25) is 0 Å². The molecule has 30 heavy (non-hydrogen) atoms. The molecule has 1 unspecified atom stereocenters. The number of carbonyl (C=O) groups excluding carboxylic acids is 2. The lowest BCUT2D eigenvalue weighted by Crippen LogP contribution is -2.41. The zero-order chi connectivity index (χ0) is 21.5. The number of carbonyl (C=O) groups is 2. The second kappa shape index (κ2) is 7.63. The summed E-state index contributed by atoms with van der Waals surface area (Å²) in [6.45, 7) is 5.09. The van der Waals surface area contributed by atoms with Crippen molar-refractivity contribution in [2.75, 3.05) is 13.7 Å². The Morgan fingerprint density at radius 1 is 1.27 bits per heavy atom. The third-order valence-electron chi connectivity index (χ3n) is 5.94. The number of nitrogens with two attached hydrogens (primary N) is 1. The fraction of sp³-hybridized carbons (Fsp3) is 0.435. The molecule has 1 aliphatic heterocycles. The Kier molecular flexibility index (Phi) is 5.13. The Bertz CT molecular complexity index is 1020. The number of likely N-dealkylation sites (N-methyl/N-ethyl adjacent to an activating group) is 1. The maximum atomic E-state index is 13.5. The summed E-state index contributed by atoms with van der Waals surface area (Å²) in [6, 6.07) is 9.26. The van der Waals surface area contributed by atoms with Crippen LogP contribution < -0.4 is 10.5 Å². The van der Waals surface area contributed by atoms with E-state index in [2.05, 4.69) is 4.99 Å². The molecule has 0 radical (unpaired) electrons. The number of Topliss-reactive ketones (excluding diaryl/α,β-unsaturated/α-hetero) is 1. The molecular weight excluding hydrogens is 380 g/mol. The quantitative estimate of drug-likeness (QED) is 0.680. The fourth-order valence-corrected chi connectivity index (χ4v) is 3.88. The molecule has 2 N–H and O–H groups in total. The monoisotopic (exact) mass is 408 g/mol. The lowest BCUT2D eigenvalue weighted by atomic mass is 9.84. The molecule has 1 fully saturated rings. The second-order valence-corrected chi connectivity index (χ2v) is 8.00. The minimum Gasteiger partial charge on any atom is -0.493 e. The largest absolute Gasteiger partial charge is 0.493 e. The summed E-state index contributed by atoms with van der Waals surface area (Å²) in [6.07, 6.45) is 4.63. The molecule has 2 aromatic rings. The van der Waals surface area contributed by atoms with Crippen LogP contribution in [0, 0.1) is 5.92 Å². The highest BCUT2D eigenvalue weighted by atomic mass is 16.5. The van der Waals surface area contributed by atoms with Crippen molar-refractivity contribution in [3.8, 4) is 5.75 Å². The highest BCUT2D eigenvalue weighted by Crippen LogP contribution is 2.41. The Morgan fingerprint density at radius 3 is 2.63 bits per heavy atom. The van der Waals surface area contributed by atoms with E-state index in [1.165, 1.54) is 17.7 Å². The molecule has 2 heterocycles. The molecule has 7 heteroatoms. The molecule has 4 rings (SSSR count). The van der Waals surface area contributed by atoms with Crippen LogP contribution >= 0.6 is 0 Å². The van der Waals surface area contributed by atoms with Crippen LogP contribution in [0.15, 0.2) is 41.5 Å². The van der Waals surface area contributed by atoms with Gasteiger partial charge in [0.25, 0.3) is 5.91 Å². The van der Waals surface area contributed by atoms with E-state index in [0.717, 1.165) is 0 Å². The van der Waals surface area contributed by atoms with Crippen molar-refractivity contribution < 1.29 is 14.3 Å². The summed E-state index contributed by atoms with van der Waals surface area (Å²) in [4.78, 5) is 32.0. The maximum absolute atomic E-state index is 13.5. The first-order valence-electron chi connectivity index (χ1n) is 10.5. The lowest BCUT2D eigenvalue weighted by Gasteiger charge is -2.25. The van der Waals surface area contributed by atoms with E-state index in [-0.39, 0.29) is 17.6 Å². The zero-order valence-corrected chi connectivity index (χ0v) is 17.7. The van der Waals surface area contributed by atoms with Crippen LogP contribution in [0.5, 0.6) is 5.75 Å². The molecule has 2 aliphatic rings. The molecule has 0 spiro atoms. The summed E-state index contributed by atoms with van der Waals surface area (Å²) >= 11 is 0. The van der Waals surface area contributed by atoms with Gasteiger partial charge in [0.05, 0.1) is 12.3 Å². The first-order chi connectivity index (χ1) is 14.4. The molecule has 1 aliphatic carbocycles. The zero-order valence-electron chi connectivity index (χ0n) is 17.7. The summed E-state index contributed by atoms with van der Waals surface area (Å²) < 4.78 is 7.81. The third kappa shape index (κ3) is 3.28. The minimum atomic E-state index is -1.33. The van der Waals surface area contributed by atoms with E-state index in [0.29, 0.717) is 48.1 Å². The third-order valence-corrected chi connectivity index (χ3v) is 5.94.